The summed E-state index contributed by atoms with van der Waals surface area (Å²) in [5.41, 5.74) is 4.36. The van der Waals surface area contributed by atoms with E-state index in [0.717, 1.165) is 26.9 Å². The molecule has 0 bridgehead atoms. The third-order valence-corrected chi connectivity index (χ3v) is 8.05. The number of carbonyl (C=O) groups excluding carboxylic acids is 3. The van der Waals surface area contributed by atoms with Crippen LogP contribution >= 0.6 is 23.4 Å². The molecule has 4 N–H and O–H groups in total. The summed E-state index contributed by atoms with van der Waals surface area (Å²) in [7, 11) is 0. The number of amides is 3. The topological polar surface area (TPSA) is 103 Å². The fourth-order valence-electron chi connectivity index (χ4n) is 4.35. The van der Waals surface area contributed by atoms with E-state index in [1.54, 1.807) is 60.8 Å². The Morgan fingerprint density at radius 3 is 2.37 bits per heavy atom. The lowest BCUT2D eigenvalue weighted by Gasteiger charge is -2.14. The number of carbonyl (C=O) groups is 3. The predicted molar refractivity (Wildman–Crippen MR) is 175 cm³/mol. The number of anilines is 2. The fraction of sp³-hybridized carbons (Fsp3) is 0.0882. The molecule has 0 aliphatic heterocycles. The predicted octanol–water partition coefficient (Wildman–Crippen LogP) is 7.66. The highest BCUT2D eigenvalue weighted by molar-refractivity contribution is 8.00. The number of benzene rings is 4. The van der Waals surface area contributed by atoms with Gasteiger partial charge < -0.3 is 20.9 Å². The summed E-state index contributed by atoms with van der Waals surface area (Å²) in [6, 6.07) is 29.0. The van der Waals surface area contributed by atoms with E-state index >= 15 is 0 Å². The van der Waals surface area contributed by atoms with Crippen LogP contribution in [0.25, 0.3) is 17.0 Å². The maximum atomic E-state index is 13.4. The molecule has 0 aliphatic carbocycles. The molecule has 43 heavy (non-hydrogen) atoms. The quantitative estimate of drug-likeness (QED) is 0.102. The molecule has 1 heterocycles. The van der Waals surface area contributed by atoms with E-state index in [-0.39, 0.29) is 16.9 Å². The Morgan fingerprint density at radius 1 is 0.884 bits per heavy atom. The molecule has 0 saturated heterocycles. The summed E-state index contributed by atoms with van der Waals surface area (Å²) in [5.74, 6) is -1.01. The number of halogens is 1. The number of aryl methyl sites for hydroxylation is 1. The number of rotatable bonds is 9. The Labute approximate surface area is 258 Å². The van der Waals surface area contributed by atoms with Crippen LogP contribution < -0.4 is 16.0 Å². The molecule has 5 aromatic rings. The minimum absolute atomic E-state index is 0.0960. The minimum Gasteiger partial charge on any atom is -0.361 e. The van der Waals surface area contributed by atoms with Crippen molar-refractivity contribution in [2.45, 2.75) is 24.0 Å². The van der Waals surface area contributed by atoms with Gasteiger partial charge in [0.15, 0.2) is 0 Å². The van der Waals surface area contributed by atoms with Crippen LogP contribution in [0.4, 0.5) is 11.4 Å². The largest absolute Gasteiger partial charge is 0.361 e. The number of H-pyrrole nitrogens is 1. The zero-order chi connectivity index (χ0) is 30.3. The average Bonchev–Trinajstić information content (AvgIpc) is 3.42. The van der Waals surface area contributed by atoms with E-state index in [9.17, 15) is 14.4 Å². The van der Waals surface area contributed by atoms with E-state index in [0.29, 0.717) is 22.0 Å². The van der Waals surface area contributed by atoms with Gasteiger partial charge in [-0.05, 0) is 80.1 Å². The summed E-state index contributed by atoms with van der Waals surface area (Å²) in [6.45, 7) is 3.73. The van der Waals surface area contributed by atoms with Crippen LogP contribution in [0.15, 0.2) is 114 Å². The Hall–Kier alpha value is -4.79. The van der Waals surface area contributed by atoms with E-state index in [2.05, 4.69) is 20.9 Å². The number of hydrogen-bond donors (Lipinski definition) is 4. The zero-order valence-electron chi connectivity index (χ0n) is 23.5. The molecule has 1 aromatic heterocycles. The van der Waals surface area contributed by atoms with E-state index in [4.69, 9.17) is 11.6 Å². The van der Waals surface area contributed by atoms with Gasteiger partial charge in [-0.1, -0.05) is 54.1 Å². The molecule has 0 aliphatic rings. The second-order valence-electron chi connectivity index (χ2n) is 9.85. The number of aromatic amines is 1. The van der Waals surface area contributed by atoms with E-state index in [1.165, 1.54) is 11.8 Å². The normalized spacial score (nSPS) is 12.0. The number of aromatic nitrogens is 1. The number of thioether (sulfide) groups is 1. The van der Waals surface area contributed by atoms with Crippen LogP contribution in [-0.4, -0.2) is 28.0 Å². The van der Waals surface area contributed by atoms with Crippen LogP contribution in [-0.2, 0) is 9.59 Å². The third kappa shape index (κ3) is 7.54. The maximum Gasteiger partial charge on any atom is 0.272 e. The first-order chi connectivity index (χ1) is 20.8. The molecule has 1 atom stereocenters. The van der Waals surface area contributed by atoms with Crippen molar-refractivity contribution in [1.82, 2.24) is 10.3 Å². The van der Waals surface area contributed by atoms with Crippen molar-refractivity contribution in [3.63, 3.8) is 0 Å². The van der Waals surface area contributed by atoms with E-state index < -0.39 is 11.8 Å². The van der Waals surface area contributed by atoms with Gasteiger partial charge in [-0.15, -0.1) is 11.8 Å². The van der Waals surface area contributed by atoms with E-state index in [1.807, 2.05) is 62.4 Å². The lowest BCUT2D eigenvalue weighted by Crippen LogP contribution is -2.30. The molecule has 0 radical (unpaired) electrons. The molecule has 3 amide bonds. The fourth-order valence-corrected chi connectivity index (χ4v) is 5.39. The van der Waals surface area contributed by atoms with Crippen LogP contribution in [0.2, 0.25) is 5.02 Å². The summed E-state index contributed by atoms with van der Waals surface area (Å²) in [4.78, 5) is 43.3. The summed E-state index contributed by atoms with van der Waals surface area (Å²) in [5, 5.41) is 9.68. The van der Waals surface area contributed by atoms with Gasteiger partial charge in [-0.25, -0.2) is 0 Å². The van der Waals surface area contributed by atoms with Crippen molar-refractivity contribution in [3.05, 3.63) is 131 Å². The molecule has 0 fully saturated rings. The summed E-state index contributed by atoms with van der Waals surface area (Å²) < 4.78 is 0. The van der Waals surface area contributed by atoms with Crippen molar-refractivity contribution in [1.29, 1.82) is 0 Å². The molecular formula is C34H29ClN4O3S. The Morgan fingerprint density at radius 2 is 1.60 bits per heavy atom. The lowest BCUT2D eigenvalue weighted by atomic mass is 10.1. The summed E-state index contributed by atoms with van der Waals surface area (Å²) >= 11 is 7.47. The van der Waals surface area contributed by atoms with Crippen molar-refractivity contribution in [3.8, 4) is 0 Å². The lowest BCUT2D eigenvalue weighted by molar-refractivity contribution is -0.115. The molecule has 9 heteroatoms. The Kier molecular flexibility index (Phi) is 9.29. The van der Waals surface area contributed by atoms with Crippen molar-refractivity contribution in [2.24, 2.45) is 0 Å². The number of hydrogen-bond acceptors (Lipinski definition) is 4. The monoisotopic (exact) mass is 608 g/mol. The van der Waals surface area contributed by atoms with Gasteiger partial charge >= 0.3 is 0 Å². The number of nitrogens with one attached hydrogen (secondary N) is 4. The van der Waals surface area contributed by atoms with Crippen molar-refractivity contribution < 1.29 is 14.4 Å². The molecule has 0 saturated carbocycles. The number of fused-ring (bicyclic) bond motifs is 1. The van der Waals surface area contributed by atoms with Crippen molar-refractivity contribution in [2.75, 3.05) is 10.6 Å². The van der Waals surface area contributed by atoms with Gasteiger partial charge in [0.1, 0.15) is 5.70 Å². The SMILES string of the molecule is Cc1ccc(Cl)cc1NC(=O)[C@H](C)Sc1ccc(NC(=O)/C(=C\c2c[nH]c3ccccc23)NC(=O)c2ccccc2)cc1. The first-order valence-corrected chi connectivity index (χ1v) is 14.8. The van der Waals surface area contributed by atoms with Gasteiger partial charge in [-0.2, -0.15) is 0 Å². The molecule has 216 valence electrons. The van der Waals surface area contributed by atoms with Gasteiger partial charge in [0.05, 0.1) is 5.25 Å². The molecule has 0 spiro atoms. The second-order valence-corrected chi connectivity index (χ2v) is 11.7. The molecule has 5 rings (SSSR count). The van der Waals surface area contributed by atoms with Gasteiger partial charge in [0, 0.05) is 49.5 Å². The minimum atomic E-state index is -0.473. The third-order valence-electron chi connectivity index (χ3n) is 6.70. The average molecular weight is 609 g/mol. The highest BCUT2D eigenvalue weighted by Crippen LogP contribution is 2.27. The Bertz CT molecular complexity index is 1820. The van der Waals surface area contributed by atoms with Gasteiger partial charge in [0.25, 0.3) is 11.8 Å². The standard InChI is InChI=1S/C34H29ClN4O3S/c1-21-12-13-25(35)19-30(21)38-32(40)22(2)43-27-16-14-26(15-17-27)37-34(42)31(39-33(41)23-8-4-3-5-9-23)18-24-20-36-29-11-7-6-10-28(24)29/h3-20,22,36H,1-2H3,(H,37,42)(H,38,40)(H,39,41)/b31-18+/t22-/m0/s1. The van der Waals surface area contributed by atoms with Crippen LogP contribution in [0.3, 0.4) is 0 Å². The second kappa shape index (κ2) is 13.5. The highest BCUT2D eigenvalue weighted by Gasteiger charge is 2.18. The molecular weight excluding hydrogens is 580 g/mol. The van der Waals surface area contributed by atoms with Gasteiger partial charge in [-0.3, -0.25) is 14.4 Å². The summed E-state index contributed by atoms with van der Waals surface area (Å²) in [6.07, 6.45) is 3.45. The first kappa shape index (κ1) is 29.7. The highest BCUT2D eigenvalue weighted by atomic mass is 35.5. The molecule has 0 unspecified atom stereocenters. The smallest absolute Gasteiger partial charge is 0.272 e. The molecule has 7 nitrogen and oxygen atoms in total. The van der Waals surface area contributed by atoms with Gasteiger partial charge in [0.2, 0.25) is 5.91 Å². The van der Waals surface area contributed by atoms with Crippen LogP contribution in [0.1, 0.15) is 28.4 Å². The van der Waals surface area contributed by atoms with Crippen LogP contribution in [0, 0.1) is 6.92 Å². The maximum absolute atomic E-state index is 13.4. The first-order valence-electron chi connectivity index (χ1n) is 13.6. The molecule has 4 aromatic carbocycles. The Balaban J connectivity index is 1.29. The van der Waals surface area contributed by atoms with Crippen molar-refractivity contribution >= 4 is 69.4 Å². The zero-order valence-corrected chi connectivity index (χ0v) is 25.1. The number of para-hydroxylation sites is 1. The van der Waals surface area contributed by atoms with Crippen LogP contribution in [0.5, 0.6) is 0 Å².